The molecule has 0 spiro atoms. The molecular formula is C11H13BrN2O4. The minimum atomic E-state index is -0.647. The van der Waals surface area contributed by atoms with Crippen molar-refractivity contribution in [3.8, 4) is 0 Å². The van der Waals surface area contributed by atoms with Crippen LogP contribution < -0.4 is 0 Å². The number of halogens is 1. The van der Waals surface area contributed by atoms with E-state index in [9.17, 15) is 14.9 Å². The molecule has 1 aliphatic heterocycles. The number of alkyl halides is 1. The Morgan fingerprint density at radius 1 is 1.67 bits per heavy atom. The molecule has 7 heteroatoms. The number of carbonyl (C=O) groups excluding carboxylic acids is 1. The third kappa shape index (κ3) is 2.27. The molecule has 2 rings (SSSR count). The smallest absolute Gasteiger partial charge is 0.395 e. The van der Waals surface area contributed by atoms with Crippen molar-refractivity contribution in [3.63, 3.8) is 0 Å². The van der Waals surface area contributed by atoms with Gasteiger partial charge in [0.05, 0.1) is 6.07 Å². The number of rotatable bonds is 3. The first-order valence-electron chi connectivity index (χ1n) is 5.65. The van der Waals surface area contributed by atoms with E-state index in [0.29, 0.717) is 17.8 Å². The van der Waals surface area contributed by atoms with Gasteiger partial charge in [-0.25, -0.2) is 0 Å². The number of nitrogens with zero attached hydrogens (tertiary/aromatic N) is 2. The Balaban J connectivity index is 2.18. The number of furan rings is 1. The molecule has 0 N–H and O–H groups in total. The van der Waals surface area contributed by atoms with E-state index in [-0.39, 0.29) is 17.7 Å². The van der Waals surface area contributed by atoms with Crippen molar-refractivity contribution < 1.29 is 14.1 Å². The zero-order valence-corrected chi connectivity index (χ0v) is 11.4. The summed E-state index contributed by atoms with van der Waals surface area (Å²) in [5.41, 5.74) is 0. The van der Waals surface area contributed by atoms with Crippen LogP contribution in [0.25, 0.3) is 0 Å². The van der Waals surface area contributed by atoms with Crippen LogP contribution in [0.5, 0.6) is 0 Å². The molecule has 0 bridgehead atoms. The highest BCUT2D eigenvalue weighted by Gasteiger charge is 2.35. The molecule has 1 aromatic rings. The van der Waals surface area contributed by atoms with Crippen molar-refractivity contribution in [2.45, 2.75) is 19.4 Å². The maximum Gasteiger partial charge on any atom is 0.433 e. The fraction of sp³-hybridized carbons (Fsp3) is 0.545. The van der Waals surface area contributed by atoms with E-state index in [1.165, 1.54) is 12.1 Å². The van der Waals surface area contributed by atoms with Crippen molar-refractivity contribution in [3.05, 3.63) is 28.0 Å². The van der Waals surface area contributed by atoms with Crippen LogP contribution in [0, 0.1) is 16.0 Å². The van der Waals surface area contributed by atoms with Crippen molar-refractivity contribution in [1.82, 2.24) is 4.90 Å². The SMILES string of the molecule is CC1CCN(C(=O)c2ccc([N+](=O)[O-])o2)C1CBr. The quantitative estimate of drug-likeness (QED) is 0.487. The second kappa shape index (κ2) is 5.09. The maximum atomic E-state index is 12.2. The van der Waals surface area contributed by atoms with Gasteiger partial charge in [-0.2, -0.15) is 0 Å². The average molecular weight is 317 g/mol. The van der Waals surface area contributed by atoms with Gasteiger partial charge in [0.15, 0.2) is 5.76 Å². The molecule has 2 atom stereocenters. The molecule has 0 aromatic carbocycles. The number of hydrogen-bond acceptors (Lipinski definition) is 4. The topological polar surface area (TPSA) is 76.6 Å². The molecule has 6 nitrogen and oxygen atoms in total. The second-order valence-electron chi connectivity index (χ2n) is 4.38. The normalized spacial score (nSPS) is 23.3. The molecular weight excluding hydrogens is 304 g/mol. The first kappa shape index (κ1) is 13.1. The van der Waals surface area contributed by atoms with E-state index in [1.54, 1.807) is 4.90 Å². The summed E-state index contributed by atoms with van der Waals surface area (Å²) >= 11 is 3.39. The largest absolute Gasteiger partial charge is 0.433 e. The van der Waals surface area contributed by atoms with Crippen LogP contribution in [0.15, 0.2) is 16.5 Å². The van der Waals surface area contributed by atoms with Crippen molar-refractivity contribution >= 4 is 27.7 Å². The van der Waals surface area contributed by atoms with Gasteiger partial charge in [-0.1, -0.05) is 22.9 Å². The molecule has 1 fully saturated rings. The second-order valence-corrected chi connectivity index (χ2v) is 5.03. The molecule has 2 heterocycles. The van der Waals surface area contributed by atoms with Crippen LogP contribution in [0.3, 0.4) is 0 Å². The molecule has 0 aliphatic carbocycles. The Labute approximate surface area is 112 Å². The summed E-state index contributed by atoms with van der Waals surface area (Å²) in [4.78, 5) is 23.8. The Hall–Kier alpha value is -1.37. The van der Waals surface area contributed by atoms with Crippen LogP contribution >= 0.6 is 15.9 Å². The summed E-state index contributed by atoms with van der Waals surface area (Å²) < 4.78 is 4.94. The van der Waals surface area contributed by atoms with Gasteiger partial charge in [-0.05, 0) is 18.4 Å². The third-order valence-electron chi connectivity index (χ3n) is 3.28. The molecule has 18 heavy (non-hydrogen) atoms. The number of hydrogen-bond donors (Lipinski definition) is 0. The Morgan fingerprint density at radius 3 is 2.94 bits per heavy atom. The summed E-state index contributed by atoms with van der Waals surface area (Å²) in [5.74, 6) is -0.238. The molecule has 98 valence electrons. The minimum absolute atomic E-state index is 0.0294. The fourth-order valence-corrected chi connectivity index (χ4v) is 3.17. The summed E-state index contributed by atoms with van der Waals surface area (Å²) in [6.45, 7) is 2.74. The average Bonchev–Trinajstić information content (AvgIpc) is 2.94. The Morgan fingerprint density at radius 2 is 2.39 bits per heavy atom. The molecule has 1 saturated heterocycles. The molecule has 1 amide bonds. The summed E-state index contributed by atoms with van der Waals surface area (Å²) in [5, 5.41) is 11.2. The standard InChI is InChI=1S/C11H13BrN2O4/c1-7-4-5-13(8(7)6-12)11(15)9-2-3-10(18-9)14(16)17/h2-3,7-8H,4-6H2,1H3. The van der Waals surface area contributed by atoms with E-state index in [0.717, 1.165) is 6.42 Å². The van der Waals surface area contributed by atoms with E-state index in [1.807, 2.05) is 0 Å². The van der Waals surface area contributed by atoms with Crippen LogP contribution in [-0.4, -0.2) is 33.6 Å². The highest BCUT2D eigenvalue weighted by atomic mass is 79.9. The fourth-order valence-electron chi connectivity index (χ4n) is 2.18. The first-order chi connectivity index (χ1) is 8.54. The lowest BCUT2D eigenvalue weighted by Gasteiger charge is -2.24. The van der Waals surface area contributed by atoms with Gasteiger partial charge in [0.1, 0.15) is 4.92 Å². The van der Waals surface area contributed by atoms with Gasteiger partial charge in [0.2, 0.25) is 0 Å². The molecule has 0 radical (unpaired) electrons. The number of likely N-dealkylation sites (tertiary alicyclic amines) is 1. The van der Waals surface area contributed by atoms with E-state index in [4.69, 9.17) is 4.42 Å². The van der Waals surface area contributed by atoms with Crippen LogP contribution in [0.1, 0.15) is 23.9 Å². The van der Waals surface area contributed by atoms with Crippen molar-refractivity contribution in [2.75, 3.05) is 11.9 Å². The lowest BCUT2D eigenvalue weighted by molar-refractivity contribution is -0.402. The molecule has 1 aromatic heterocycles. The van der Waals surface area contributed by atoms with E-state index >= 15 is 0 Å². The summed E-state index contributed by atoms with van der Waals surface area (Å²) in [7, 11) is 0. The maximum absolute atomic E-state index is 12.2. The Kier molecular flexibility index (Phi) is 3.70. The molecule has 1 aliphatic rings. The lowest BCUT2D eigenvalue weighted by Crippen LogP contribution is -2.38. The first-order valence-corrected chi connectivity index (χ1v) is 6.78. The lowest BCUT2D eigenvalue weighted by atomic mass is 10.1. The van der Waals surface area contributed by atoms with Gasteiger partial charge in [-0.3, -0.25) is 14.9 Å². The predicted molar refractivity (Wildman–Crippen MR) is 67.8 cm³/mol. The molecule has 2 unspecified atom stereocenters. The van der Waals surface area contributed by atoms with Crippen LogP contribution in [0.4, 0.5) is 5.88 Å². The summed E-state index contributed by atoms with van der Waals surface area (Å²) in [6, 6.07) is 2.67. The van der Waals surface area contributed by atoms with Gasteiger partial charge >= 0.3 is 5.88 Å². The van der Waals surface area contributed by atoms with Crippen molar-refractivity contribution in [2.24, 2.45) is 5.92 Å². The highest BCUT2D eigenvalue weighted by Crippen LogP contribution is 2.28. The van der Waals surface area contributed by atoms with E-state index in [2.05, 4.69) is 22.9 Å². The number of carbonyl (C=O) groups is 1. The van der Waals surface area contributed by atoms with Gasteiger partial charge in [-0.15, -0.1) is 0 Å². The number of nitro groups is 1. The highest BCUT2D eigenvalue weighted by molar-refractivity contribution is 9.09. The van der Waals surface area contributed by atoms with Gasteiger partial charge < -0.3 is 9.32 Å². The van der Waals surface area contributed by atoms with E-state index < -0.39 is 10.8 Å². The minimum Gasteiger partial charge on any atom is -0.395 e. The zero-order valence-electron chi connectivity index (χ0n) is 9.84. The third-order valence-corrected chi connectivity index (χ3v) is 3.95. The number of amides is 1. The van der Waals surface area contributed by atoms with Crippen molar-refractivity contribution in [1.29, 1.82) is 0 Å². The van der Waals surface area contributed by atoms with Gasteiger partial charge in [0, 0.05) is 17.9 Å². The monoisotopic (exact) mass is 316 g/mol. The summed E-state index contributed by atoms with van der Waals surface area (Å²) in [6.07, 6.45) is 0.935. The molecule has 0 saturated carbocycles. The Bertz CT molecular complexity index is 473. The zero-order chi connectivity index (χ0) is 13.3. The van der Waals surface area contributed by atoms with Gasteiger partial charge in [0.25, 0.3) is 5.91 Å². The predicted octanol–water partition coefficient (Wildman–Crippen LogP) is 2.43. The van der Waals surface area contributed by atoms with Crippen LogP contribution in [0.2, 0.25) is 0 Å². The van der Waals surface area contributed by atoms with Crippen LogP contribution in [-0.2, 0) is 0 Å².